The third kappa shape index (κ3) is 2.23. The first-order valence-electron chi connectivity index (χ1n) is 5.68. The second kappa shape index (κ2) is 3.58. The summed E-state index contributed by atoms with van der Waals surface area (Å²) in [4.78, 5) is 0. The van der Waals surface area contributed by atoms with E-state index in [9.17, 15) is 0 Å². The maximum absolute atomic E-state index is 3.77. The van der Waals surface area contributed by atoms with Gasteiger partial charge in [-0.3, -0.25) is 0 Å². The van der Waals surface area contributed by atoms with Gasteiger partial charge in [0.1, 0.15) is 0 Å². The average molecular weight is 182 g/mol. The molecule has 0 radical (unpaired) electrons. The van der Waals surface area contributed by atoms with Gasteiger partial charge in [-0.15, -0.1) is 0 Å². The van der Waals surface area contributed by atoms with Crippen LogP contribution in [0.3, 0.4) is 0 Å². The van der Waals surface area contributed by atoms with Crippen LogP contribution in [-0.2, 0) is 0 Å². The third-order valence-corrected chi connectivity index (χ3v) is 3.40. The van der Waals surface area contributed by atoms with E-state index >= 15 is 0 Å². The Balaban J connectivity index is 2.00. The van der Waals surface area contributed by atoms with Gasteiger partial charge in [-0.25, -0.2) is 0 Å². The first-order valence-corrected chi connectivity index (χ1v) is 5.68. The summed E-state index contributed by atoms with van der Waals surface area (Å²) in [6, 6.07) is 1.47. The van der Waals surface area contributed by atoms with E-state index in [1.54, 1.807) is 0 Å². The van der Waals surface area contributed by atoms with E-state index < -0.39 is 0 Å². The van der Waals surface area contributed by atoms with E-state index in [1.165, 1.54) is 32.1 Å². The molecule has 1 saturated heterocycles. The van der Waals surface area contributed by atoms with Crippen LogP contribution >= 0.6 is 0 Å². The molecule has 2 fully saturated rings. The summed E-state index contributed by atoms with van der Waals surface area (Å²) in [6.45, 7) is 5.70. The minimum atomic E-state index is 0.297. The summed E-state index contributed by atoms with van der Waals surface area (Å²) in [6.07, 6.45) is 6.98. The van der Waals surface area contributed by atoms with Gasteiger partial charge in [-0.05, 0) is 26.7 Å². The molecule has 13 heavy (non-hydrogen) atoms. The van der Waals surface area contributed by atoms with E-state index in [4.69, 9.17) is 0 Å². The van der Waals surface area contributed by atoms with Crippen LogP contribution in [0.4, 0.5) is 0 Å². The molecule has 76 valence electrons. The minimum Gasteiger partial charge on any atom is -0.311 e. The lowest BCUT2D eigenvalue weighted by Crippen LogP contribution is -2.65. The zero-order valence-corrected chi connectivity index (χ0v) is 8.90. The Morgan fingerprint density at radius 3 is 2.46 bits per heavy atom. The van der Waals surface area contributed by atoms with Crippen molar-refractivity contribution in [1.82, 2.24) is 10.6 Å². The van der Waals surface area contributed by atoms with E-state index in [0.29, 0.717) is 5.54 Å². The number of nitrogens with one attached hydrogen (secondary N) is 2. The van der Waals surface area contributed by atoms with Crippen molar-refractivity contribution in [3.63, 3.8) is 0 Å². The van der Waals surface area contributed by atoms with Crippen molar-refractivity contribution < 1.29 is 0 Å². The van der Waals surface area contributed by atoms with Crippen LogP contribution in [0.25, 0.3) is 0 Å². The molecular weight excluding hydrogens is 160 g/mol. The van der Waals surface area contributed by atoms with Crippen LogP contribution in [0.2, 0.25) is 0 Å². The molecule has 2 aliphatic rings. The molecule has 2 N–H and O–H groups in total. The van der Waals surface area contributed by atoms with Gasteiger partial charge in [0, 0.05) is 24.2 Å². The summed E-state index contributed by atoms with van der Waals surface area (Å²) in [5.74, 6) is 0. The molecule has 2 heteroatoms. The number of fused-ring (bicyclic) bond motifs is 1. The van der Waals surface area contributed by atoms with Crippen molar-refractivity contribution in [3.8, 4) is 0 Å². The Kier molecular flexibility index (Phi) is 2.61. The number of hydrogen-bond donors (Lipinski definition) is 2. The van der Waals surface area contributed by atoms with Gasteiger partial charge in [0.05, 0.1) is 0 Å². The average Bonchev–Trinajstić information content (AvgIpc) is 2.27. The molecule has 0 aromatic heterocycles. The summed E-state index contributed by atoms with van der Waals surface area (Å²) in [7, 11) is 0. The lowest BCUT2D eigenvalue weighted by molar-refractivity contribution is 0.200. The highest BCUT2D eigenvalue weighted by molar-refractivity contribution is 4.97. The fourth-order valence-electron chi connectivity index (χ4n) is 2.66. The maximum atomic E-state index is 3.77. The Labute approximate surface area is 81.5 Å². The number of rotatable bonds is 0. The van der Waals surface area contributed by atoms with Gasteiger partial charge in [-0.2, -0.15) is 0 Å². The molecule has 1 heterocycles. The van der Waals surface area contributed by atoms with Crippen LogP contribution in [0.5, 0.6) is 0 Å². The zero-order valence-electron chi connectivity index (χ0n) is 8.90. The van der Waals surface area contributed by atoms with E-state index in [0.717, 1.165) is 18.6 Å². The summed E-state index contributed by atoms with van der Waals surface area (Å²) >= 11 is 0. The molecule has 2 atom stereocenters. The van der Waals surface area contributed by atoms with Crippen LogP contribution in [0, 0.1) is 0 Å². The molecule has 2 rings (SSSR count). The Morgan fingerprint density at radius 2 is 1.69 bits per heavy atom. The second-order valence-electron chi connectivity index (χ2n) is 5.26. The van der Waals surface area contributed by atoms with Gasteiger partial charge in [-0.1, -0.05) is 19.3 Å². The standard InChI is InChI=1S/C11H22N2/c1-11(2)8-12-9-6-4-3-5-7-10(9)13-11/h9-10,12-13H,3-8H2,1-2H3/t9-,10-/m0/s1. The molecule has 1 saturated carbocycles. The van der Waals surface area contributed by atoms with Crippen molar-refractivity contribution >= 4 is 0 Å². The summed E-state index contributed by atoms with van der Waals surface area (Å²) < 4.78 is 0. The molecule has 0 spiro atoms. The zero-order chi connectivity index (χ0) is 9.31. The second-order valence-corrected chi connectivity index (χ2v) is 5.26. The fourth-order valence-corrected chi connectivity index (χ4v) is 2.66. The van der Waals surface area contributed by atoms with Crippen molar-refractivity contribution in [1.29, 1.82) is 0 Å². The third-order valence-electron chi connectivity index (χ3n) is 3.40. The van der Waals surface area contributed by atoms with E-state index in [1.807, 2.05) is 0 Å². The van der Waals surface area contributed by atoms with Crippen LogP contribution in [0.15, 0.2) is 0 Å². The van der Waals surface area contributed by atoms with Crippen LogP contribution in [-0.4, -0.2) is 24.2 Å². The van der Waals surface area contributed by atoms with Gasteiger partial charge in [0.25, 0.3) is 0 Å². The molecule has 0 unspecified atom stereocenters. The van der Waals surface area contributed by atoms with Crippen molar-refractivity contribution in [2.24, 2.45) is 0 Å². The SMILES string of the molecule is CC1(C)CN[C@H]2CCCCC[C@@H]2N1. The first-order chi connectivity index (χ1) is 6.17. The molecule has 0 aromatic carbocycles. The largest absolute Gasteiger partial charge is 0.311 e. The lowest BCUT2D eigenvalue weighted by Gasteiger charge is -2.42. The minimum absolute atomic E-state index is 0.297. The van der Waals surface area contributed by atoms with Crippen LogP contribution < -0.4 is 10.6 Å². The van der Waals surface area contributed by atoms with Gasteiger partial charge in [0.15, 0.2) is 0 Å². The van der Waals surface area contributed by atoms with Crippen LogP contribution in [0.1, 0.15) is 46.0 Å². The lowest BCUT2D eigenvalue weighted by atomic mass is 9.92. The molecule has 1 aliphatic carbocycles. The van der Waals surface area contributed by atoms with Crippen molar-refractivity contribution in [2.45, 2.75) is 63.6 Å². The summed E-state index contributed by atoms with van der Waals surface area (Å²) in [5.41, 5.74) is 0.297. The Hall–Kier alpha value is -0.0800. The Bertz CT molecular complexity index is 177. The molecule has 2 nitrogen and oxygen atoms in total. The molecule has 1 aliphatic heterocycles. The molecule has 0 bridgehead atoms. The van der Waals surface area contributed by atoms with E-state index in [2.05, 4.69) is 24.5 Å². The molecular formula is C11H22N2. The summed E-state index contributed by atoms with van der Waals surface area (Å²) in [5, 5.41) is 7.46. The maximum Gasteiger partial charge on any atom is 0.0252 e. The monoisotopic (exact) mass is 182 g/mol. The Morgan fingerprint density at radius 1 is 1.00 bits per heavy atom. The molecule has 0 aromatic rings. The highest BCUT2D eigenvalue weighted by Crippen LogP contribution is 2.23. The predicted octanol–water partition coefficient (Wildman–Crippen LogP) is 1.66. The highest BCUT2D eigenvalue weighted by Gasteiger charge is 2.33. The van der Waals surface area contributed by atoms with Gasteiger partial charge >= 0.3 is 0 Å². The highest BCUT2D eigenvalue weighted by atomic mass is 15.1. The van der Waals surface area contributed by atoms with Crippen molar-refractivity contribution in [3.05, 3.63) is 0 Å². The fraction of sp³-hybridized carbons (Fsp3) is 1.00. The van der Waals surface area contributed by atoms with E-state index in [-0.39, 0.29) is 0 Å². The molecule has 0 amide bonds. The van der Waals surface area contributed by atoms with Gasteiger partial charge in [0.2, 0.25) is 0 Å². The number of hydrogen-bond acceptors (Lipinski definition) is 2. The quantitative estimate of drug-likeness (QED) is 0.595. The van der Waals surface area contributed by atoms with Gasteiger partial charge < -0.3 is 10.6 Å². The van der Waals surface area contributed by atoms with Crippen molar-refractivity contribution in [2.75, 3.05) is 6.54 Å². The smallest absolute Gasteiger partial charge is 0.0252 e. The first kappa shape index (κ1) is 9.47. The normalized spacial score (nSPS) is 39.2. The number of piperazine rings is 1. The topological polar surface area (TPSA) is 24.1 Å². The predicted molar refractivity (Wildman–Crippen MR) is 55.9 cm³/mol.